The van der Waals surface area contributed by atoms with E-state index in [2.05, 4.69) is 20.6 Å². The Labute approximate surface area is 138 Å². The number of nitrogens with one attached hydrogen (secondary N) is 1. The Balaban J connectivity index is 1.54. The monoisotopic (exact) mass is 317 g/mol. The van der Waals surface area contributed by atoms with Crippen LogP contribution < -0.4 is 5.32 Å². The molecule has 118 valence electrons. The lowest BCUT2D eigenvalue weighted by atomic mass is 10.2. The van der Waals surface area contributed by atoms with Gasteiger partial charge in [0.1, 0.15) is 0 Å². The van der Waals surface area contributed by atoms with E-state index < -0.39 is 0 Å². The second kappa shape index (κ2) is 6.00. The average molecular weight is 317 g/mol. The molecule has 0 aliphatic heterocycles. The van der Waals surface area contributed by atoms with Gasteiger partial charge in [-0.3, -0.25) is 0 Å². The van der Waals surface area contributed by atoms with Gasteiger partial charge in [0, 0.05) is 36.3 Å². The quantitative estimate of drug-likeness (QED) is 0.616. The first-order valence-electron chi connectivity index (χ1n) is 7.55. The van der Waals surface area contributed by atoms with Gasteiger partial charge in [0.15, 0.2) is 0 Å². The topological polar surface area (TPSA) is 68.8 Å². The van der Waals surface area contributed by atoms with E-state index >= 15 is 0 Å². The van der Waals surface area contributed by atoms with Gasteiger partial charge in [0.2, 0.25) is 11.8 Å². The molecule has 0 unspecified atom stereocenters. The van der Waals surface area contributed by atoms with Crippen LogP contribution in [0.5, 0.6) is 0 Å². The van der Waals surface area contributed by atoms with Gasteiger partial charge in [-0.15, -0.1) is 10.2 Å². The predicted molar refractivity (Wildman–Crippen MR) is 91.3 cm³/mol. The zero-order valence-electron chi connectivity index (χ0n) is 13.0. The highest BCUT2D eigenvalue weighted by atomic mass is 16.4. The Hall–Kier alpha value is -3.41. The van der Waals surface area contributed by atoms with Crippen molar-refractivity contribution in [1.82, 2.24) is 20.0 Å². The minimum atomic E-state index is 0.528. The fraction of sp³-hybridized carbons (Fsp3) is 0.0556. The summed E-state index contributed by atoms with van der Waals surface area (Å²) in [7, 11) is 0. The minimum absolute atomic E-state index is 0.528. The molecule has 0 fully saturated rings. The van der Waals surface area contributed by atoms with Crippen molar-refractivity contribution in [3.05, 3.63) is 72.9 Å². The van der Waals surface area contributed by atoms with Crippen LogP contribution in [-0.4, -0.2) is 20.0 Å². The molecule has 0 atom stereocenters. The number of hydrogen-bond acceptors (Lipinski definition) is 5. The van der Waals surface area contributed by atoms with Crippen molar-refractivity contribution in [3.8, 4) is 17.1 Å². The predicted octanol–water partition coefficient (Wildman–Crippen LogP) is 3.97. The van der Waals surface area contributed by atoms with Crippen LogP contribution in [0.25, 0.3) is 17.1 Å². The molecule has 0 saturated heterocycles. The number of anilines is 2. The maximum absolute atomic E-state index is 5.43. The number of rotatable bonds is 4. The first-order chi connectivity index (χ1) is 11.8. The molecule has 0 radical (unpaired) electrons. The Kier molecular flexibility index (Phi) is 3.55. The minimum Gasteiger partial charge on any atom is -0.421 e. The molecule has 4 rings (SSSR count). The third-order valence-corrected chi connectivity index (χ3v) is 3.56. The second-order valence-corrected chi connectivity index (χ2v) is 5.33. The van der Waals surface area contributed by atoms with Gasteiger partial charge in [-0.25, -0.2) is 4.68 Å². The van der Waals surface area contributed by atoms with Crippen molar-refractivity contribution >= 4 is 11.4 Å². The van der Waals surface area contributed by atoms with E-state index in [0.717, 1.165) is 22.6 Å². The fourth-order valence-corrected chi connectivity index (χ4v) is 2.42. The lowest BCUT2D eigenvalue weighted by Crippen LogP contribution is -1.96. The molecule has 6 nitrogen and oxygen atoms in total. The van der Waals surface area contributed by atoms with E-state index in [1.165, 1.54) is 0 Å². The van der Waals surface area contributed by atoms with Crippen LogP contribution in [0.3, 0.4) is 0 Å². The molecule has 0 bridgehead atoms. The summed E-state index contributed by atoms with van der Waals surface area (Å²) in [5.74, 6) is 1.09. The van der Waals surface area contributed by atoms with E-state index in [-0.39, 0.29) is 0 Å². The molecular weight excluding hydrogens is 302 g/mol. The van der Waals surface area contributed by atoms with Gasteiger partial charge in [-0.1, -0.05) is 6.07 Å². The number of benzene rings is 2. The van der Waals surface area contributed by atoms with Crippen LogP contribution in [0.15, 0.2) is 71.4 Å². The zero-order valence-corrected chi connectivity index (χ0v) is 13.0. The van der Waals surface area contributed by atoms with Crippen LogP contribution in [0.4, 0.5) is 11.4 Å². The van der Waals surface area contributed by atoms with E-state index in [1.54, 1.807) is 13.1 Å². The van der Waals surface area contributed by atoms with Crippen LogP contribution in [0, 0.1) is 6.92 Å². The second-order valence-electron chi connectivity index (χ2n) is 5.33. The Morgan fingerprint density at radius 3 is 2.54 bits per heavy atom. The molecule has 0 amide bonds. The Morgan fingerprint density at radius 2 is 1.83 bits per heavy atom. The molecule has 0 spiro atoms. The molecule has 4 aromatic rings. The molecule has 24 heavy (non-hydrogen) atoms. The molecule has 6 heteroatoms. The summed E-state index contributed by atoms with van der Waals surface area (Å²) in [6.07, 6.45) is 3.68. The maximum Gasteiger partial charge on any atom is 0.247 e. The molecule has 1 N–H and O–H groups in total. The maximum atomic E-state index is 5.43. The zero-order chi connectivity index (χ0) is 16.4. The lowest BCUT2D eigenvalue weighted by molar-refractivity contribution is 0.533. The standard InChI is InChI=1S/C18H15N5O/c1-13-21-22-18(24-13)14-6-8-15(9-7-14)20-16-4-2-5-17(12-16)23-11-3-10-19-23/h2-12,20H,1H3. The summed E-state index contributed by atoms with van der Waals surface area (Å²) in [6, 6.07) is 17.8. The average Bonchev–Trinajstić information content (AvgIpc) is 3.28. The summed E-state index contributed by atoms with van der Waals surface area (Å²) in [5.41, 5.74) is 3.87. The number of aromatic nitrogens is 4. The van der Waals surface area contributed by atoms with Crippen LogP contribution in [-0.2, 0) is 0 Å². The van der Waals surface area contributed by atoms with E-state index in [1.807, 2.05) is 65.5 Å². The summed E-state index contributed by atoms with van der Waals surface area (Å²) >= 11 is 0. The molecule has 0 saturated carbocycles. The highest BCUT2D eigenvalue weighted by molar-refractivity contribution is 5.65. The fourth-order valence-electron chi connectivity index (χ4n) is 2.42. The summed E-state index contributed by atoms with van der Waals surface area (Å²) in [5, 5.41) is 15.5. The third-order valence-electron chi connectivity index (χ3n) is 3.56. The van der Waals surface area contributed by atoms with Crippen molar-refractivity contribution in [1.29, 1.82) is 0 Å². The van der Waals surface area contributed by atoms with E-state index in [9.17, 15) is 0 Å². The molecule has 0 aliphatic rings. The van der Waals surface area contributed by atoms with Crippen molar-refractivity contribution < 1.29 is 4.42 Å². The summed E-state index contributed by atoms with van der Waals surface area (Å²) < 4.78 is 7.26. The molecule has 2 aromatic carbocycles. The first-order valence-corrected chi connectivity index (χ1v) is 7.55. The van der Waals surface area contributed by atoms with Gasteiger partial charge in [-0.05, 0) is 48.5 Å². The number of nitrogens with zero attached hydrogens (tertiary/aromatic N) is 4. The highest BCUT2D eigenvalue weighted by Crippen LogP contribution is 2.23. The highest BCUT2D eigenvalue weighted by Gasteiger charge is 2.06. The first kappa shape index (κ1) is 14.2. The summed E-state index contributed by atoms with van der Waals surface area (Å²) in [4.78, 5) is 0. The van der Waals surface area contributed by atoms with E-state index in [4.69, 9.17) is 4.42 Å². The normalized spacial score (nSPS) is 10.7. The largest absolute Gasteiger partial charge is 0.421 e. The van der Waals surface area contributed by atoms with Gasteiger partial charge in [-0.2, -0.15) is 5.10 Å². The lowest BCUT2D eigenvalue weighted by Gasteiger charge is -2.09. The summed E-state index contributed by atoms with van der Waals surface area (Å²) in [6.45, 7) is 1.78. The van der Waals surface area contributed by atoms with Crippen LogP contribution in [0.2, 0.25) is 0 Å². The van der Waals surface area contributed by atoms with Crippen molar-refractivity contribution in [2.75, 3.05) is 5.32 Å². The molecule has 2 heterocycles. The van der Waals surface area contributed by atoms with Crippen molar-refractivity contribution in [2.24, 2.45) is 0 Å². The number of hydrogen-bond donors (Lipinski definition) is 1. The van der Waals surface area contributed by atoms with Gasteiger partial charge in [0.05, 0.1) is 5.69 Å². The smallest absolute Gasteiger partial charge is 0.247 e. The van der Waals surface area contributed by atoms with E-state index in [0.29, 0.717) is 11.8 Å². The van der Waals surface area contributed by atoms with Crippen LogP contribution in [0.1, 0.15) is 5.89 Å². The van der Waals surface area contributed by atoms with Crippen molar-refractivity contribution in [2.45, 2.75) is 6.92 Å². The number of aryl methyl sites for hydroxylation is 1. The van der Waals surface area contributed by atoms with Crippen molar-refractivity contribution in [3.63, 3.8) is 0 Å². The Bertz CT molecular complexity index is 942. The van der Waals surface area contributed by atoms with Gasteiger partial charge < -0.3 is 9.73 Å². The molecular formula is C18H15N5O. The molecule has 2 aromatic heterocycles. The Morgan fingerprint density at radius 1 is 0.958 bits per heavy atom. The van der Waals surface area contributed by atoms with Gasteiger partial charge >= 0.3 is 0 Å². The van der Waals surface area contributed by atoms with Gasteiger partial charge in [0.25, 0.3) is 0 Å². The molecule has 0 aliphatic carbocycles. The third kappa shape index (κ3) is 2.89. The SMILES string of the molecule is Cc1nnc(-c2ccc(Nc3cccc(-n4cccn4)c3)cc2)o1. The van der Waals surface area contributed by atoms with Crippen LogP contribution >= 0.6 is 0 Å².